The van der Waals surface area contributed by atoms with Crippen molar-refractivity contribution in [1.29, 1.82) is 0 Å². The number of H-pyrrole nitrogens is 1. The van der Waals surface area contributed by atoms with Gasteiger partial charge >= 0.3 is 0 Å². The zero-order valence-electron chi connectivity index (χ0n) is 15.0. The Kier molecular flexibility index (Phi) is 4.74. The van der Waals surface area contributed by atoms with Gasteiger partial charge in [0, 0.05) is 34.7 Å². The monoisotopic (exact) mass is 411 g/mol. The predicted octanol–water partition coefficient (Wildman–Crippen LogP) is 3.70. The normalized spacial score (nSPS) is 11.6. The topological polar surface area (TPSA) is 91.9 Å². The number of amides is 1. The molecule has 0 atom stereocenters. The third-order valence-electron chi connectivity index (χ3n) is 4.33. The standard InChI is InChI=1S/C20H17N3O3S2/c1-13-2-7-19(27-13)28(25,26)16-5-3-14(4-6-16)11-22-20(24)18-10-15-12-21-9-8-17(15)23-18/h2-10,12,23H,11H2,1H3,(H,22,24). The van der Waals surface area contributed by atoms with Crippen LogP contribution >= 0.6 is 11.3 Å². The average Bonchev–Trinajstić information content (AvgIpc) is 3.33. The summed E-state index contributed by atoms with van der Waals surface area (Å²) >= 11 is 1.25. The number of hydrogen-bond donors (Lipinski definition) is 2. The van der Waals surface area contributed by atoms with Crippen LogP contribution < -0.4 is 5.32 Å². The molecule has 0 aliphatic rings. The van der Waals surface area contributed by atoms with Crippen molar-refractivity contribution in [3.05, 3.63) is 77.1 Å². The number of nitrogens with zero attached hydrogens (tertiary/aromatic N) is 1. The van der Waals surface area contributed by atoms with E-state index >= 15 is 0 Å². The Morgan fingerprint density at radius 1 is 1.14 bits per heavy atom. The lowest BCUT2D eigenvalue weighted by atomic mass is 10.2. The number of aryl methyl sites for hydroxylation is 1. The smallest absolute Gasteiger partial charge is 0.267 e. The Morgan fingerprint density at radius 3 is 2.61 bits per heavy atom. The summed E-state index contributed by atoms with van der Waals surface area (Å²) in [6, 6.07) is 13.5. The predicted molar refractivity (Wildman–Crippen MR) is 108 cm³/mol. The van der Waals surface area contributed by atoms with E-state index in [0.29, 0.717) is 16.4 Å². The lowest BCUT2D eigenvalue weighted by Crippen LogP contribution is -2.23. The average molecular weight is 412 g/mol. The summed E-state index contributed by atoms with van der Waals surface area (Å²) in [6.07, 6.45) is 3.35. The van der Waals surface area contributed by atoms with Crippen LogP contribution in [0, 0.1) is 6.92 Å². The highest BCUT2D eigenvalue weighted by molar-refractivity contribution is 7.93. The molecule has 3 heterocycles. The first-order valence-electron chi connectivity index (χ1n) is 8.55. The number of pyridine rings is 1. The third-order valence-corrected chi connectivity index (χ3v) is 7.60. The summed E-state index contributed by atoms with van der Waals surface area (Å²) in [5.74, 6) is -0.234. The van der Waals surface area contributed by atoms with Crippen molar-refractivity contribution in [2.75, 3.05) is 0 Å². The molecule has 0 radical (unpaired) electrons. The van der Waals surface area contributed by atoms with Gasteiger partial charge in [0.05, 0.1) is 4.90 Å². The van der Waals surface area contributed by atoms with Gasteiger partial charge in [0.1, 0.15) is 9.90 Å². The lowest BCUT2D eigenvalue weighted by Gasteiger charge is -2.06. The highest BCUT2D eigenvalue weighted by Crippen LogP contribution is 2.27. The van der Waals surface area contributed by atoms with Crippen molar-refractivity contribution in [2.24, 2.45) is 0 Å². The second kappa shape index (κ2) is 7.21. The number of nitrogens with one attached hydrogen (secondary N) is 2. The molecule has 0 spiro atoms. The quantitative estimate of drug-likeness (QED) is 0.524. The molecular weight excluding hydrogens is 394 g/mol. The maximum atomic E-state index is 12.6. The second-order valence-corrected chi connectivity index (χ2v) is 9.81. The molecule has 6 nitrogen and oxygen atoms in total. The van der Waals surface area contributed by atoms with Gasteiger partial charge in [0.2, 0.25) is 9.84 Å². The molecule has 0 saturated carbocycles. The maximum absolute atomic E-state index is 12.6. The maximum Gasteiger partial charge on any atom is 0.267 e. The number of carbonyl (C=O) groups excluding carboxylic acids is 1. The molecular formula is C20H17N3O3S2. The minimum atomic E-state index is -3.50. The van der Waals surface area contributed by atoms with Crippen LogP contribution in [0.25, 0.3) is 10.9 Å². The van der Waals surface area contributed by atoms with E-state index < -0.39 is 9.84 Å². The van der Waals surface area contributed by atoms with Gasteiger partial charge in [-0.3, -0.25) is 9.78 Å². The van der Waals surface area contributed by atoms with Crippen molar-refractivity contribution >= 4 is 38.0 Å². The van der Waals surface area contributed by atoms with Crippen molar-refractivity contribution in [2.45, 2.75) is 22.6 Å². The highest BCUT2D eigenvalue weighted by atomic mass is 32.2. The first kappa shape index (κ1) is 18.4. The first-order valence-corrected chi connectivity index (χ1v) is 10.8. The Labute approximate surface area is 166 Å². The highest BCUT2D eigenvalue weighted by Gasteiger charge is 2.19. The van der Waals surface area contributed by atoms with E-state index in [9.17, 15) is 13.2 Å². The molecule has 0 unspecified atom stereocenters. The Morgan fingerprint density at radius 2 is 1.93 bits per heavy atom. The number of aromatic amines is 1. The van der Waals surface area contributed by atoms with Gasteiger partial charge in [-0.05, 0) is 48.9 Å². The van der Waals surface area contributed by atoms with Gasteiger partial charge in [-0.1, -0.05) is 12.1 Å². The van der Waals surface area contributed by atoms with Crippen molar-refractivity contribution in [3.8, 4) is 0 Å². The minimum Gasteiger partial charge on any atom is -0.350 e. The Hall–Kier alpha value is -2.97. The fourth-order valence-electron chi connectivity index (χ4n) is 2.83. The number of aromatic nitrogens is 2. The largest absolute Gasteiger partial charge is 0.350 e. The number of rotatable bonds is 5. The van der Waals surface area contributed by atoms with Crippen molar-refractivity contribution in [1.82, 2.24) is 15.3 Å². The first-order chi connectivity index (χ1) is 13.4. The van der Waals surface area contributed by atoms with Gasteiger partial charge in [-0.15, -0.1) is 11.3 Å². The number of hydrogen-bond acceptors (Lipinski definition) is 5. The van der Waals surface area contributed by atoms with Crippen LogP contribution in [0.5, 0.6) is 0 Å². The zero-order valence-corrected chi connectivity index (χ0v) is 16.6. The molecule has 28 heavy (non-hydrogen) atoms. The molecule has 0 aliphatic carbocycles. The Balaban J connectivity index is 1.45. The van der Waals surface area contributed by atoms with Gasteiger partial charge < -0.3 is 10.3 Å². The van der Waals surface area contributed by atoms with Crippen LogP contribution in [0.1, 0.15) is 20.9 Å². The molecule has 1 aromatic carbocycles. The van der Waals surface area contributed by atoms with Crippen LogP contribution in [-0.2, 0) is 16.4 Å². The summed E-state index contributed by atoms with van der Waals surface area (Å²) in [4.78, 5) is 20.6. The van der Waals surface area contributed by atoms with E-state index in [2.05, 4.69) is 15.3 Å². The van der Waals surface area contributed by atoms with Crippen LogP contribution in [0.2, 0.25) is 0 Å². The summed E-state index contributed by atoms with van der Waals surface area (Å²) in [6.45, 7) is 2.17. The zero-order chi connectivity index (χ0) is 19.7. The number of benzene rings is 1. The number of carbonyl (C=O) groups is 1. The van der Waals surface area contributed by atoms with Crippen LogP contribution in [0.4, 0.5) is 0 Å². The molecule has 3 aromatic heterocycles. The summed E-state index contributed by atoms with van der Waals surface area (Å²) in [7, 11) is -3.50. The van der Waals surface area contributed by atoms with Crippen LogP contribution in [-0.4, -0.2) is 24.3 Å². The molecule has 142 valence electrons. The minimum absolute atomic E-state index is 0.234. The van der Waals surface area contributed by atoms with E-state index in [1.54, 1.807) is 60.9 Å². The summed E-state index contributed by atoms with van der Waals surface area (Å²) < 4.78 is 25.6. The molecule has 0 fully saturated rings. The molecule has 0 saturated heterocycles. The SMILES string of the molecule is Cc1ccc(S(=O)(=O)c2ccc(CNC(=O)c3cc4cnccc4[nH]3)cc2)s1. The van der Waals surface area contributed by atoms with Crippen molar-refractivity contribution < 1.29 is 13.2 Å². The van der Waals surface area contributed by atoms with E-state index in [1.165, 1.54) is 11.3 Å². The fourth-order valence-corrected chi connectivity index (χ4v) is 5.52. The van der Waals surface area contributed by atoms with Gasteiger partial charge in [0.25, 0.3) is 5.91 Å². The number of sulfone groups is 1. The Bertz CT molecular complexity index is 1220. The van der Waals surface area contributed by atoms with Gasteiger partial charge in [-0.2, -0.15) is 0 Å². The third kappa shape index (κ3) is 3.56. The summed E-state index contributed by atoms with van der Waals surface area (Å²) in [5.41, 5.74) is 2.11. The van der Waals surface area contributed by atoms with Crippen LogP contribution in [0.3, 0.4) is 0 Å². The summed E-state index contributed by atoms with van der Waals surface area (Å²) in [5, 5.41) is 3.70. The molecule has 4 aromatic rings. The number of fused-ring (bicyclic) bond motifs is 1. The van der Waals surface area contributed by atoms with Gasteiger partial charge in [0.15, 0.2) is 0 Å². The molecule has 4 rings (SSSR count). The fraction of sp³-hybridized carbons (Fsp3) is 0.100. The van der Waals surface area contributed by atoms with Crippen molar-refractivity contribution in [3.63, 3.8) is 0 Å². The molecule has 1 amide bonds. The van der Waals surface area contributed by atoms with E-state index in [4.69, 9.17) is 0 Å². The molecule has 8 heteroatoms. The molecule has 0 bridgehead atoms. The van der Waals surface area contributed by atoms with Gasteiger partial charge in [-0.25, -0.2) is 8.42 Å². The van der Waals surface area contributed by atoms with Crippen LogP contribution in [0.15, 0.2) is 70.0 Å². The molecule has 0 aliphatic heterocycles. The second-order valence-electron chi connectivity index (χ2n) is 6.34. The van der Waals surface area contributed by atoms with E-state index in [0.717, 1.165) is 21.3 Å². The van der Waals surface area contributed by atoms with E-state index in [-0.39, 0.29) is 10.8 Å². The van der Waals surface area contributed by atoms with E-state index in [1.807, 2.05) is 6.92 Å². The lowest BCUT2D eigenvalue weighted by molar-refractivity contribution is 0.0946. The molecule has 2 N–H and O–H groups in total. The number of thiophene rings is 1.